The fourth-order valence-corrected chi connectivity index (χ4v) is 2.03. The zero-order valence-electron chi connectivity index (χ0n) is 9.09. The Morgan fingerprint density at radius 3 is 3.18 bits per heavy atom. The van der Waals surface area contributed by atoms with Gasteiger partial charge in [0.25, 0.3) is 0 Å². The molecule has 1 aromatic rings. The van der Waals surface area contributed by atoms with E-state index in [1.54, 1.807) is 12.4 Å². The molecule has 1 aromatic carbocycles. The molecule has 1 unspecified atom stereocenters. The molecule has 3 rings (SSSR count). The Kier molecular flexibility index (Phi) is 2.36. The zero-order valence-corrected chi connectivity index (χ0v) is 9.09. The largest absolute Gasteiger partial charge is 0.357 e. The molecule has 5 heteroatoms. The first kappa shape index (κ1) is 10.0. The third-order valence-corrected chi connectivity index (χ3v) is 2.95. The number of amides is 1. The lowest BCUT2D eigenvalue weighted by molar-refractivity contribution is -0.122. The first-order valence-electron chi connectivity index (χ1n) is 5.47. The summed E-state index contributed by atoms with van der Waals surface area (Å²) in [5.41, 5.74) is 4.54. The van der Waals surface area contributed by atoms with E-state index in [-0.39, 0.29) is 11.8 Å². The van der Waals surface area contributed by atoms with Gasteiger partial charge in [-0.15, -0.1) is 0 Å². The fourth-order valence-electron chi connectivity index (χ4n) is 2.03. The van der Waals surface area contributed by atoms with Crippen molar-refractivity contribution in [1.29, 1.82) is 0 Å². The summed E-state index contributed by atoms with van der Waals surface area (Å²) in [7, 11) is 0. The molecule has 0 saturated carbocycles. The van der Waals surface area contributed by atoms with Crippen LogP contribution in [0.3, 0.4) is 0 Å². The molecule has 5 nitrogen and oxygen atoms in total. The molecule has 0 radical (unpaired) electrons. The molecule has 2 aliphatic rings. The molecule has 86 valence electrons. The molecule has 1 amide bonds. The molecular formula is C12H11N3O2. The standard InChI is InChI=1S/C12H11N3O2/c16-12-10(4-5-13-15-12)8-1-2-11-9(7-8)3-6-14-17-11/h1-2,5-7,10H,3-4H2,(H,15,16). The number of hydrogen-bond acceptors (Lipinski definition) is 4. The van der Waals surface area contributed by atoms with E-state index < -0.39 is 0 Å². The van der Waals surface area contributed by atoms with E-state index >= 15 is 0 Å². The average molecular weight is 229 g/mol. The third kappa shape index (κ3) is 1.80. The fraction of sp³-hybridized carbons (Fsp3) is 0.250. The van der Waals surface area contributed by atoms with Crippen LogP contribution >= 0.6 is 0 Å². The monoisotopic (exact) mass is 229 g/mol. The van der Waals surface area contributed by atoms with Crippen molar-refractivity contribution in [2.45, 2.75) is 18.8 Å². The van der Waals surface area contributed by atoms with Gasteiger partial charge in [-0.1, -0.05) is 17.3 Å². The van der Waals surface area contributed by atoms with Crippen molar-refractivity contribution in [2.75, 3.05) is 0 Å². The van der Waals surface area contributed by atoms with E-state index in [1.807, 2.05) is 18.2 Å². The molecule has 17 heavy (non-hydrogen) atoms. The second-order valence-electron chi connectivity index (χ2n) is 4.03. The van der Waals surface area contributed by atoms with E-state index in [0.717, 1.165) is 23.3 Å². The molecule has 0 bridgehead atoms. The van der Waals surface area contributed by atoms with Gasteiger partial charge in [-0.25, -0.2) is 5.43 Å². The van der Waals surface area contributed by atoms with Crippen molar-refractivity contribution in [3.8, 4) is 5.75 Å². The first-order valence-corrected chi connectivity index (χ1v) is 5.47. The van der Waals surface area contributed by atoms with Gasteiger partial charge in [0.2, 0.25) is 5.91 Å². The molecule has 0 saturated heterocycles. The molecule has 0 spiro atoms. The molecular weight excluding hydrogens is 218 g/mol. The number of nitrogens with zero attached hydrogens (tertiary/aromatic N) is 2. The Bertz CT molecular complexity index is 522. The van der Waals surface area contributed by atoms with Crippen molar-refractivity contribution in [3.63, 3.8) is 0 Å². The van der Waals surface area contributed by atoms with E-state index in [0.29, 0.717) is 6.42 Å². The van der Waals surface area contributed by atoms with Gasteiger partial charge in [0.05, 0.1) is 5.92 Å². The minimum atomic E-state index is -0.156. The molecule has 0 fully saturated rings. The topological polar surface area (TPSA) is 63.0 Å². The highest BCUT2D eigenvalue weighted by molar-refractivity contribution is 5.89. The normalized spacial score (nSPS) is 21.6. The Morgan fingerprint density at radius 2 is 2.29 bits per heavy atom. The van der Waals surface area contributed by atoms with Crippen LogP contribution in [0.2, 0.25) is 0 Å². The van der Waals surface area contributed by atoms with E-state index in [1.165, 1.54) is 0 Å². The van der Waals surface area contributed by atoms with Gasteiger partial charge in [0.1, 0.15) is 0 Å². The molecule has 0 aromatic heterocycles. The summed E-state index contributed by atoms with van der Waals surface area (Å²) in [6.45, 7) is 0. The van der Waals surface area contributed by atoms with Gasteiger partial charge in [0, 0.05) is 30.8 Å². The van der Waals surface area contributed by atoms with Crippen molar-refractivity contribution in [2.24, 2.45) is 10.3 Å². The van der Waals surface area contributed by atoms with Crippen LogP contribution in [0.5, 0.6) is 5.75 Å². The molecule has 2 heterocycles. The van der Waals surface area contributed by atoms with Gasteiger partial charge in [0.15, 0.2) is 5.75 Å². The number of benzene rings is 1. The van der Waals surface area contributed by atoms with Crippen LogP contribution in [-0.4, -0.2) is 18.3 Å². The lowest BCUT2D eigenvalue weighted by Gasteiger charge is -2.19. The predicted octanol–water partition coefficient (Wildman–Crippen LogP) is 1.20. The number of carbonyl (C=O) groups excluding carboxylic acids is 1. The SMILES string of the molecule is O=C1NN=CCC1c1ccc2c(c1)CC=NO2. The summed E-state index contributed by atoms with van der Waals surface area (Å²) >= 11 is 0. The van der Waals surface area contributed by atoms with Crippen molar-refractivity contribution >= 4 is 18.3 Å². The number of nitrogens with one attached hydrogen (secondary N) is 1. The highest BCUT2D eigenvalue weighted by atomic mass is 16.6. The smallest absolute Gasteiger partial charge is 0.247 e. The minimum Gasteiger partial charge on any atom is -0.357 e. The summed E-state index contributed by atoms with van der Waals surface area (Å²) in [4.78, 5) is 16.8. The van der Waals surface area contributed by atoms with Crippen LogP contribution in [0.15, 0.2) is 28.5 Å². The number of oxime groups is 1. The Labute approximate surface area is 98.1 Å². The Hall–Kier alpha value is -2.17. The lowest BCUT2D eigenvalue weighted by Crippen LogP contribution is -2.29. The van der Waals surface area contributed by atoms with Crippen LogP contribution in [0.1, 0.15) is 23.5 Å². The van der Waals surface area contributed by atoms with Gasteiger partial charge in [-0.3, -0.25) is 4.79 Å². The summed E-state index contributed by atoms with van der Waals surface area (Å²) in [6, 6.07) is 5.77. The van der Waals surface area contributed by atoms with E-state index in [4.69, 9.17) is 4.84 Å². The van der Waals surface area contributed by atoms with Crippen LogP contribution in [0.4, 0.5) is 0 Å². The molecule has 2 aliphatic heterocycles. The summed E-state index contributed by atoms with van der Waals surface area (Å²) in [5, 5.41) is 7.50. The van der Waals surface area contributed by atoms with Crippen LogP contribution < -0.4 is 10.3 Å². The van der Waals surface area contributed by atoms with Gasteiger partial charge in [-0.2, -0.15) is 5.10 Å². The van der Waals surface area contributed by atoms with E-state index in [2.05, 4.69) is 15.7 Å². The Morgan fingerprint density at radius 1 is 1.35 bits per heavy atom. The van der Waals surface area contributed by atoms with Crippen molar-refractivity contribution in [3.05, 3.63) is 29.3 Å². The maximum Gasteiger partial charge on any atom is 0.247 e. The number of hydrazone groups is 1. The van der Waals surface area contributed by atoms with Crippen LogP contribution in [0.25, 0.3) is 0 Å². The maximum absolute atomic E-state index is 11.7. The highest BCUT2D eigenvalue weighted by Gasteiger charge is 2.23. The van der Waals surface area contributed by atoms with Crippen molar-refractivity contribution in [1.82, 2.24) is 5.43 Å². The third-order valence-electron chi connectivity index (χ3n) is 2.95. The predicted molar refractivity (Wildman–Crippen MR) is 63.3 cm³/mol. The van der Waals surface area contributed by atoms with Crippen LogP contribution in [-0.2, 0) is 11.2 Å². The minimum absolute atomic E-state index is 0.0576. The summed E-state index contributed by atoms with van der Waals surface area (Å²) in [6.07, 6.45) is 4.82. The second-order valence-corrected chi connectivity index (χ2v) is 4.03. The summed E-state index contributed by atoms with van der Waals surface area (Å²) < 4.78 is 0. The zero-order chi connectivity index (χ0) is 11.7. The lowest BCUT2D eigenvalue weighted by atomic mass is 9.92. The maximum atomic E-state index is 11.7. The number of carbonyl (C=O) groups is 1. The van der Waals surface area contributed by atoms with E-state index in [9.17, 15) is 4.79 Å². The molecule has 0 aliphatic carbocycles. The second kappa shape index (κ2) is 4.01. The summed E-state index contributed by atoms with van der Waals surface area (Å²) in [5.74, 6) is 0.552. The number of fused-ring (bicyclic) bond motifs is 1. The first-order chi connectivity index (χ1) is 8.34. The van der Waals surface area contributed by atoms with Gasteiger partial charge in [-0.05, 0) is 11.6 Å². The van der Waals surface area contributed by atoms with Crippen molar-refractivity contribution < 1.29 is 9.63 Å². The average Bonchev–Trinajstić information content (AvgIpc) is 2.39. The number of hydrogen-bond donors (Lipinski definition) is 1. The quantitative estimate of drug-likeness (QED) is 0.786. The highest BCUT2D eigenvalue weighted by Crippen LogP contribution is 2.28. The van der Waals surface area contributed by atoms with Gasteiger partial charge >= 0.3 is 0 Å². The molecule has 1 N–H and O–H groups in total. The Balaban J connectivity index is 1.94. The molecule has 1 atom stereocenters. The number of rotatable bonds is 1. The van der Waals surface area contributed by atoms with Gasteiger partial charge < -0.3 is 4.84 Å². The van der Waals surface area contributed by atoms with Crippen LogP contribution in [0, 0.1) is 0 Å².